The Kier molecular flexibility index (Phi) is 8.98. The molecule has 122 valence electrons. The Morgan fingerprint density at radius 2 is 1.81 bits per heavy atom. The maximum Gasteiger partial charge on any atom is 0.310 e. The molecule has 0 saturated heterocycles. The van der Waals surface area contributed by atoms with E-state index in [1.165, 1.54) is 0 Å². The summed E-state index contributed by atoms with van der Waals surface area (Å²) < 4.78 is 5.36. The van der Waals surface area contributed by atoms with Gasteiger partial charge in [0.25, 0.3) is 0 Å². The van der Waals surface area contributed by atoms with E-state index in [9.17, 15) is 14.7 Å². The minimum atomic E-state index is -0.927. The molecular formula is C17H30O4. The lowest BCUT2D eigenvalue weighted by Gasteiger charge is -2.26. The summed E-state index contributed by atoms with van der Waals surface area (Å²) in [5.74, 6) is -2.72. The summed E-state index contributed by atoms with van der Waals surface area (Å²) in [6, 6.07) is 0. The van der Waals surface area contributed by atoms with Gasteiger partial charge in [0.15, 0.2) is 0 Å². The van der Waals surface area contributed by atoms with Crippen molar-refractivity contribution in [3.63, 3.8) is 0 Å². The monoisotopic (exact) mass is 298 g/mol. The highest BCUT2D eigenvalue weighted by molar-refractivity contribution is 5.81. The van der Waals surface area contributed by atoms with Crippen LogP contribution in [0.1, 0.15) is 66.2 Å². The van der Waals surface area contributed by atoms with Crippen molar-refractivity contribution < 1.29 is 19.4 Å². The second kappa shape index (κ2) is 9.59. The van der Waals surface area contributed by atoms with Crippen LogP contribution in [0.15, 0.2) is 12.7 Å². The van der Waals surface area contributed by atoms with Crippen LogP contribution in [0.5, 0.6) is 0 Å². The van der Waals surface area contributed by atoms with Gasteiger partial charge in [-0.1, -0.05) is 38.7 Å². The van der Waals surface area contributed by atoms with Crippen LogP contribution >= 0.6 is 0 Å². The molecule has 0 aliphatic heterocycles. The minimum absolute atomic E-state index is 0.333. The highest BCUT2D eigenvalue weighted by Crippen LogP contribution is 2.26. The molecule has 0 aliphatic carbocycles. The second-order valence-electron chi connectivity index (χ2n) is 6.46. The Morgan fingerprint density at radius 3 is 2.24 bits per heavy atom. The zero-order valence-electron chi connectivity index (χ0n) is 13.9. The van der Waals surface area contributed by atoms with Crippen LogP contribution in [-0.4, -0.2) is 22.6 Å². The number of carbonyl (C=O) groups excluding carboxylic acids is 1. The van der Waals surface area contributed by atoms with Crippen LogP contribution in [0.3, 0.4) is 0 Å². The molecular weight excluding hydrogens is 268 g/mol. The van der Waals surface area contributed by atoms with Gasteiger partial charge in [0.1, 0.15) is 5.60 Å². The van der Waals surface area contributed by atoms with Crippen LogP contribution in [0, 0.1) is 11.8 Å². The van der Waals surface area contributed by atoms with Gasteiger partial charge in [-0.3, -0.25) is 9.59 Å². The molecule has 0 unspecified atom stereocenters. The maximum atomic E-state index is 12.3. The third kappa shape index (κ3) is 8.53. The van der Waals surface area contributed by atoms with E-state index in [1.54, 1.807) is 26.8 Å². The molecule has 0 saturated carbocycles. The number of carboxylic acid groups (broad SMARTS) is 1. The van der Waals surface area contributed by atoms with Crippen LogP contribution in [0.4, 0.5) is 0 Å². The molecule has 0 aromatic heterocycles. The van der Waals surface area contributed by atoms with Crippen molar-refractivity contribution in [1.29, 1.82) is 0 Å². The molecule has 4 heteroatoms. The topological polar surface area (TPSA) is 63.6 Å². The Bertz CT molecular complexity index is 341. The molecule has 0 aromatic carbocycles. The van der Waals surface area contributed by atoms with Gasteiger partial charge < -0.3 is 9.84 Å². The molecule has 0 fully saturated rings. The van der Waals surface area contributed by atoms with E-state index in [0.717, 1.165) is 25.7 Å². The Morgan fingerprint density at radius 1 is 1.19 bits per heavy atom. The molecule has 2 atom stereocenters. The smallest absolute Gasteiger partial charge is 0.310 e. The van der Waals surface area contributed by atoms with Gasteiger partial charge in [-0.25, -0.2) is 0 Å². The van der Waals surface area contributed by atoms with Crippen LogP contribution < -0.4 is 0 Å². The summed E-state index contributed by atoms with van der Waals surface area (Å²) in [6.07, 6.45) is 6.44. The molecule has 0 heterocycles. The fourth-order valence-electron chi connectivity index (χ4n) is 2.27. The molecule has 0 aromatic rings. The van der Waals surface area contributed by atoms with Crippen LogP contribution in [0.2, 0.25) is 0 Å². The summed E-state index contributed by atoms with van der Waals surface area (Å²) in [4.78, 5) is 23.8. The second-order valence-corrected chi connectivity index (χ2v) is 6.46. The van der Waals surface area contributed by atoms with Gasteiger partial charge in [-0.2, -0.15) is 0 Å². The predicted octanol–water partition coefficient (Wildman–Crippen LogP) is 4.19. The number of carbonyl (C=O) groups is 2. The number of aliphatic carboxylic acids is 1. The largest absolute Gasteiger partial charge is 0.481 e. The van der Waals surface area contributed by atoms with Gasteiger partial charge in [0, 0.05) is 0 Å². The van der Waals surface area contributed by atoms with Crippen molar-refractivity contribution in [3.05, 3.63) is 12.7 Å². The fourth-order valence-corrected chi connectivity index (χ4v) is 2.27. The fraction of sp³-hybridized carbons (Fsp3) is 0.765. The zero-order chi connectivity index (χ0) is 16.5. The van der Waals surface area contributed by atoms with E-state index in [1.807, 2.05) is 0 Å². The molecule has 0 bridgehead atoms. The summed E-state index contributed by atoms with van der Waals surface area (Å²) >= 11 is 0. The maximum absolute atomic E-state index is 12.3. The lowest BCUT2D eigenvalue weighted by molar-refractivity contribution is -0.166. The average molecular weight is 298 g/mol. The van der Waals surface area contributed by atoms with Crippen molar-refractivity contribution in [2.75, 3.05) is 0 Å². The summed E-state index contributed by atoms with van der Waals surface area (Å²) in [6.45, 7) is 11.1. The average Bonchev–Trinajstić information content (AvgIpc) is 2.34. The first-order valence-electron chi connectivity index (χ1n) is 7.79. The third-order valence-electron chi connectivity index (χ3n) is 3.30. The Hall–Kier alpha value is -1.32. The molecule has 21 heavy (non-hydrogen) atoms. The number of unbranched alkanes of at least 4 members (excludes halogenated alkanes) is 3. The van der Waals surface area contributed by atoms with Gasteiger partial charge >= 0.3 is 11.9 Å². The molecule has 0 rings (SSSR count). The van der Waals surface area contributed by atoms with Crippen LogP contribution in [-0.2, 0) is 14.3 Å². The number of esters is 1. The number of rotatable bonds is 10. The van der Waals surface area contributed by atoms with E-state index in [-0.39, 0.29) is 0 Å². The predicted molar refractivity (Wildman–Crippen MR) is 84.0 cm³/mol. The summed E-state index contributed by atoms with van der Waals surface area (Å²) in [5.41, 5.74) is -0.609. The summed E-state index contributed by atoms with van der Waals surface area (Å²) in [5, 5.41) is 9.43. The Labute approximate surface area is 128 Å². The zero-order valence-corrected chi connectivity index (χ0v) is 13.9. The van der Waals surface area contributed by atoms with E-state index < -0.39 is 29.4 Å². The van der Waals surface area contributed by atoms with Crippen molar-refractivity contribution in [1.82, 2.24) is 0 Å². The van der Waals surface area contributed by atoms with E-state index in [0.29, 0.717) is 12.8 Å². The number of carboxylic acids is 1. The Balaban J connectivity index is 4.85. The lowest BCUT2D eigenvalue weighted by atomic mass is 9.85. The number of allylic oxidation sites excluding steroid dienone is 1. The number of ether oxygens (including phenoxy) is 1. The molecule has 1 N–H and O–H groups in total. The lowest BCUT2D eigenvalue weighted by Crippen LogP contribution is -2.35. The summed E-state index contributed by atoms with van der Waals surface area (Å²) in [7, 11) is 0. The van der Waals surface area contributed by atoms with Gasteiger partial charge in [0.05, 0.1) is 11.8 Å². The van der Waals surface area contributed by atoms with Gasteiger partial charge in [-0.15, -0.1) is 6.58 Å². The van der Waals surface area contributed by atoms with Gasteiger partial charge in [-0.05, 0) is 33.6 Å². The highest BCUT2D eigenvalue weighted by atomic mass is 16.6. The number of hydrogen-bond donors (Lipinski definition) is 1. The molecule has 4 nitrogen and oxygen atoms in total. The SMILES string of the molecule is C=CC[C@H](C(=O)OC(C)(C)C)[C@@H](CCCCCC)C(=O)O. The van der Waals surface area contributed by atoms with Crippen molar-refractivity contribution in [2.45, 2.75) is 71.8 Å². The molecule has 0 aliphatic rings. The van der Waals surface area contributed by atoms with E-state index in [4.69, 9.17) is 4.74 Å². The number of hydrogen-bond acceptors (Lipinski definition) is 3. The first-order valence-corrected chi connectivity index (χ1v) is 7.79. The molecule has 0 amide bonds. The van der Waals surface area contributed by atoms with E-state index >= 15 is 0 Å². The first-order chi connectivity index (χ1) is 9.72. The minimum Gasteiger partial charge on any atom is -0.481 e. The molecule has 0 radical (unpaired) electrons. The standard InChI is InChI=1S/C17H30O4/c1-6-8-9-10-12-13(15(18)19)14(11-7-2)16(20)21-17(3,4)5/h7,13-14H,2,6,8-12H2,1,3-5H3,(H,18,19)/t13-,14+/m1/s1. The normalized spacial score (nSPS) is 14.3. The van der Waals surface area contributed by atoms with Gasteiger partial charge in [0.2, 0.25) is 0 Å². The van der Waals surface area contributed by atoms with Crippen molar-refractivity contribution >= 4 is 11.9 Å². The molecule has 0 spiro atoms. The van der Waals surface area contributed by atoms with Crippen molar-refractivity contribution in [2.24, 2.45) is 11.8 Å². The first kappa shape index (κ1) is 19.7. The highest BCUT2D eigenvalue weighted by Gasteiger charge is 2.35. The van der Waals surface area contributed by atoms with Crippen LogP contribution in [0.25, 0.3) is 0 Å². The van der Waals surface area contributed by atoms with Crippen molar-refractivity contribution in [3.8, 4) is 0 Å². The quantitative estimate of drug-likeness (QED) is 0.373. The van der Waals surface area contributed by atoms with E-state index in [2.05, 4.69) is 13.5 Å². The third-order valence-corrected chi connectivity index (χ3v) is 3.30.